The molecule has 0 saturated heterocycles. The Labute approximate surface area is 120 Å². The average molecular weight is 265 g/mol. The lowest BCUT2D eigenvalue weighted by molar-refractivity contribution is -0.117. The predicted octanol–water partition coefficient (Wildman–Crippen LogP) is 3.62. The highest BCUT2D eigenvalue weighted by atomic mass is 16.1. The van der Waals surface area contributed by atoms with Gasteiger partial charge in [-0.3, -0.25) is 9.79 Å². The zero-order chi connectivity index (χ0) is 14.4. The third-order valence-corrected chi connectivity index (χ3v) is 3.21. The lowest BCUT2D eigenvalue weighted by atomic mass is 10.1. The van der Waals surface area contributed by atoms with Crippen molar-refractivity contribution >= 4 is 11.5 Å². The first-order chi connectivity index (χ1) is 9.65. The summed E-state index contributed by atoms with van der Waals surface area (Å²) in [7, 11) is 0. The van der Waals surface area contributed by atoms with Gasteiger partial charge in [0.1, 0.15) is 0 Å². The molecule has 2 nitrogen and oxygen atoms in total. The summed E-state index contributed by atoms with van der Waals surface area (Å²) < 4.78 is 0. The summed E-state index contributed by atoms with van der Waals surface area (Å²) in [5.41, 5.74) is 4.25. The first kappa shape index (κ1) is 14.2. The Balaban J connectivity index is 1.95. The van der Waals surface area contributed by atoms with Crippen LogP contribution in [0.15, 0.2) is 59.6 Å². The van der Waals surface area contributed by atoms with Crippen molar-refractivity contribution in [2.45, 2.75) is 20.3 Å². The summed E-state index contributed by atoms with van der Waals surface area (Å²) in [6.45, 7) is 4.24. The number of carbonyl (C=O) groups is 1. The summed E-state index contributed by atoms with van der Waals surface area (Å²) in [5.74, 6) is 0.141. The standard InChI is InChI=1S/C18H19NO/c1-14-8-10-17(11-9-14)15(2)19-13-18(20)12-16-6-4-3-5-7-16/h3-11H,12-13H2,1-2H3. The Kier molecular flexibility index (Phi) is 4.83. The van der Waals surface area contributed by atoms with E-state index in [2.05, 4.69) is 24.0 Å². The van der Waals surface area contributed by atoms with E-state index in [1.807, 2.05) is 49.4 Å². The predicted molar refractivity (Wildman–Crippen MR) is 83.4 cm³/mol. The van der Waals surface area contributed by atoms with Gasteiger partial charge in [0, 0.05) is 12.1 Å². The SMILES string of the molecule is CC(=NCC(=O)Cc1ccccc1)c1ccc(C)cc1. The molecule has 0 atom stereocenters. The number of ketones is 1. The second kappa shape index (κ2) is 6.80. The highest BCUT2D eigenvalue weighted by Crippen LogP contribution is 2.05. The van der Waals surface area contributed by atoms with Crippen LogP contribution in [-0.4, -0.2) is 18.0 Å². The molecule has 2 aromatic rings. The molecule has 0 heterocycles. The summed E-state index contributed by atoms with van der Waals surface area (Å²) in [6.07, 6.45) is 0.450. The topological polar surface area (TPSA) is 29.4 Å². The molecular formula is C18H19NO. The molecule has 102 valence electrons. The molecule has 0 aliphatic carbocycles. The van der Waals surface area contributed by atoms with E-state index in [9.17, 15) is 4.79 Å². The largest absolute Gasteiger partial charge is 0.297 e. The minimum atomic E-state index is 0.141. The maximum absolute atomic E-state index is 11.9. The van der Waals surface area contributed by atoms with E-state index in [0.717, 1.165) is 16.8 Å². The van der Waals surface area contributed by atoms with Gasteiger partial charge in [-0.25, -0.2) is 0 Å². The zero-order valence-corrected chi connectivity index (χ0v) is 12.0. The van der Waals surface area contributed by atoms with Gasteiger partial charge in [0.25, 0.3) is 0 Å². The maximum Gasteiger partial charge on any atom is 0.158 e. The number of aryl methyl sites for hydroxylation is 1. The zero-order valence-electron chi connectivity index (χ0n) is 12.0. The van der Waals surface area contributed by atoms with Gasteiger partial charge >= 0.3 is 0 Å². The van der Waals surface area contributed by atoms with Gasteiger partial charge in [-0.05, 0) is 25.0 Å². The summed E-state index contributed by atoms with van der Waals surface area (Å²) in [4.78, 5) is 16.3. The first-order valence-corrected chi connectivity index (χ1v) is 6.79. The Morgan fingerprint density at radius 1 is 1.00 bits per heavy atom. The van der Waals surface area contributed by atoms with Crippen molar-refractivity contribution in [3.63, 3.8) is 0 Å². The quantitative estimate of drug-likeness (QED) is 0.759. The number of nitrogens with zero attached hydrogens (tertiary/aromatic N) is 1. The van der Waals surface area contributed by atoms with Crippen molar-refractivity contribution in [3.05, 3.63) is 71.3 Å². The van der Waals surface area contributed by atoms with Crippen LogP contribution in [-0.2, 0) is 11.2 Å². The number of hydrogen-bond donors (Lipinski definition) is 0. The van der Waals surface area contributed by atoms with E-state index in [-0.39, 0.29) is 12.3 Å². The van der Waals surface area contributed by atoms with Gasteiger partial charge in [0.2, 0.25) is 0 Å². The van der Waals surface area contributed by atoms with E-state index in [0.29, 0.717) is 6.42 Å². The normalized spacial score (nSPS) is 11.4. The number of Topliss-reactive ketones (excluding diaryl/α,β-unsaturated/α-hetero) is 1. The van der Waals surface area contributed by atoms with Gasteiger partial charge in [-0.2, -0.15) is 0 Å². The van der Waals surface area contributed by atoms with Gasteiger partial charge < -0.3 is 0 Å². The van der Waals surface area contributed by atoms with E-state index < -0.39 is 0 Å². The minimum Gasteiger partial charge on any atom is -0.297 e. The van der Waals surface area contributed by atoms with Crippen LogP contribution in [0.1, 0.15) is 23.6 Å². The first-order valence-electron chi connectivity index (χ1n) is 6.79. The molecule has 0 aliphatic rings. The Hall–Kier alpha value is -2.22. The van der Waals surface area contributed by atoms with Crippen molar-refractivity contribution in [3.8, 4) is 0 Å². The fourth-order valence-electron chi connectivity index (χ4n) is 1.97. The highest BCUT2D eigenvalue weighted by Gasteiger charge is 2.03. The van der Waals surface area contributed by atoms with Gasteiger partial charge in [-0.1, -0.05) is 60.2 Å². The van der Waals surface area contributed by atoms with E-state index in [1.54, 1.807) is 0 Å². The Bertz CT molecular complexity index is 597. The van der Waals surface area contributed by atoms with Crippen molar-refractivity contribution in [2.75, 3.05) is 6.54 Å². The van der Waals surface area contributed by atoms with Crippen LogP contribution in [0.5, 0.6) is 0 Å². The lowest BCUT2D eigenvalue weighted by Crippen LogP contribution is -2.08. The van der Waals surface area contributed by atoms with E-state index in [4.69, 9.17) is 0 Å². The minimum absolute atomic E-state index is 0.141. The molecular weight excluding hydrogens is 246 g/mol. The fourth-order valence-corrected chi connectivity index (χ4v) is 1.97. The van der Waals surface area contributed by atoms with Crippen LogP contribution in [0.2, 0.25) is 0 Å². The molecule has 0 unspecified atom stereocenters. The molecule has 0 fully saturated rings. The number of aliphatic imine (C=N–C) groups is 1. The summed E-state index contributed by atoms with van der Waals surface area (Å²) >= 11 is 0. The summed E-state index contributed by atoms with van der Waals surface area (Å²) in [6, 6.07) is 18.0. The van der Waals surface area contributed by atoms with Crippen molar-refractivity contribution < 1.29 is 4.79 Å². The van der Waals surface area contributed by atoms with Crippen LogP contribution in [0.25, 0.3) is 0 Å². The molecule has 0 N–H and O–H groups in total. The average Bonchev–Trinajstić information content (AvgIpc) is 2.46. The van der Waals surface area contributed by atoms with E-state index >= 15 is 0 Å². The highest BCUT2D eigenvalue weighted by molar-refractivity contribution is 6.00. The van der Waals surface area contributed by atoms with Crippen LogP contribution >= 0.6 is 0 Å². The summed E-state index contributed by atoms with van der Waals surface area (Å²) in [5, 5.41) is 0. The number of carbonyl (C=O) groups excluding carboxylic acids is 1. The molecule has 0 amide bonds. The van der Waals surface area contributed by atoms with Crippen molar-refractivity contribution in [2.24, 2.45) is 4.99 Å². The van der Waals surface area contributed by atoms with Crippen molar-refractivity contribution in [1.29, 1.82) is 0 Å². The van der Waals surface area contributed by atoms with Crippen LogP contribution in [0, 0.1) is 6.92 Å². The molecule has 2 rings (SSSR count). The molecule has 0 spiro atoms. The van der Waals surface area contributed by atoms with E-state index in [1.165, 1.54) is 5.56 Å². The molecule has 0 aliphatic heterocycles. The molecule has 2 aromatic carbocycles. The maximum atomic E-state index is 11.9. The van der Waals surface area contributed by atoms with Gasteiger partial charge in [0.05, 0.1) is 6.54 Å². The van der Waals surface area contributed by atoms with Gasteiger partial charge in [-0.15, -0.1) is 0 Å². The molecule has 0 aromatic heterocycles. The van der Waals surface area contributed by atoms with Crippen molar-refractivity contribution in [1.82, 2.24) is 0 Å². The molecule has 2 heteroatoms. The second-order valence-corrected chi connectivity index (χ2v) is 4.97. The van der Waals surface area contributed by atoms with Crippen LogP contribution in [0.3, 0.4) is 0 Å². The smallest absolute Gasteiger partial charge is 0.158 e. The number of hydrogen-bond acceptors (Lipinski definition) is 2. The van der Waals surface area contributed by atoms with Gasteiger partial charge in [0.15, 0.2) is 5.78 Å². The monoisotopic (exact) mass is 265 g/mol. The molecule has 20 heavy (non-hydrogen) atoms. The molecule has 0 radical (unpaired) electrons. The fraction of sp³-hybridized carbons (Fsp3) is 0.222. The Morgan fingerprint density at radius 3 is 2.30 bits per heavy atom. The Morgan fingerprint density at radius 2 is 1.65 bits per heavy atom. The molecule has 0 saturated carbocycles. The lowest BCUT2D eigenvalue weighted by Gasteiger charge is -2.02. The third kappa shape index (κ3) is 4.16. The number of rotatable bonds is 5. The number of benzene rings is 2. The third-order valence-electron chi connectivity index (χ3n) is 3.21. The van der Waals surface area contributed by atoms with Crippen LogP contribution in [0.4, 0.5) is 0 Å². The second-order valence-electron chi connectivity index (χ2n) is 4.97. The van der Waals surface area contributed by atoms with Crippen LogP contribution < -0.4 is 0 Å². The molecule has 0 bridgehead atoms.